The van der Waals surface area contributed by atoms with Crippen LogP contribution in [0.15, 0.2) is 66.7 Å². The van der Waals surface area contributed by atoms with E-state index < -0.39 is 17.8 Å². The van der Waals surface area contributed by atoms with Gasteiger partial charge in [0.2, 0.25) is 5.91 Å². The summed E-state index contributed by atoms with van der Waals surface area (Å²) in [6, 6.07) is 16.9. The van der Waals surface area contributed by atoms with Gasteiger partial charge in [-0.1, -0.05) is 59.1 Å². The molecule has 4 rings (SSSR count). The van der Waals surface area contributed by atoms with Crippen LogP contribution in [0.4, 0.5) is 18.9 Å². The van der Waals surface area contributed by atoms with Gasteiger partial charge in [0, 0.05) is 29.7 Å². The summed E-state index contributed by atoms with van der Waals surface area (Å²) < 4.78 is 39.3. The Morgan fingerprint density at radius 3 is 2.26 bits per heavy atom. The first kappa shape index (κ1) is 24.7. The Hall–Kier alpha value is -2.41. The van der Waals surface area contributed by atoms with Gasteiger partial charge in [0.05, 0.1) is 28.7 Å². The molecule has 1 saturated heterocycles. The number of rotatable bonds is 4. The number of carbonyl (C=O) groups is 1. The molecule has 1 unspecified atom stereocenters. The maximum atomic E-state index is 13.1. The van der Waals surface area contributed by atoms with Crippen LogP contribution < -0.4 is 4.90 Å². The zero-order valence-electron chi connectivity index (χ0n) is 17.8. The van der Waals surface area contributed by atoms with E-state index in [1.807, 2.05) is 11.0 Å². The summed E-state index contributed by atoms with van der Waals surface area (Å²) in [5.74, 6) is -0.0824. The first-order valence-corrected chi connectivity index (χ1v) is 11.7. The van der Waals surface area contributed by atoms with Crippen molar-refractivity contribution in [2.45, 2.75) is 18.6 Å². The lowest BCUT2D eigenvalue weighted by Gasteiger charge is -2.43. The van der Waals surface area contributed by atoms with Gasteiger partial charge in [-0.3, -0.25) is 4.79 Å². The quantitative estimate of drug-likeness (QED) is 0.355. The summed E-state index contributed by atoms with van der Waals surface area (Å²) in [6.07, 6.45) is -4.24. The molecule has 34 heavy (non-hydrogen) atoms. The number of carbonyl (C=O) groups excluding carboxylic acids is 1. The fourth-order valence-corrected chi connectivity index (χ4v) is 4.85. The van der Waals surface area contributed by atoms with E-state index in [4.69, 9.17) is 34.8 Å². The van der Waals surface area contributed by atoms with Gasteiger partial charge in [-0.25, -0.2) is 0 Å². The predicted molar refractivity (Wildman–Crippen MR) is 130 cm³/mol. The van der Waals surface area contributed by atoms with Crippen molar-refractivity contribution in [1.29, 1.82) is 0 Å². The van der Waals surface area contributed by atoms with E-state index in [0.717, 1.165) is 17.7 Å². The van der Waals surface area contributed by atoms with Gasteiger partial charge in [-0.05, 0) is 53.6 Å². The summed E-state index contributed by atoms with van der Waals surface area (Å²) in [5, 5.41) is 1.47. The van der Waals surface area contributed by atoms with Crippen LogP contribution in [0, 0.1) is 0 Å². The average molecular weight is 528 g/mol. The van der Waals surface area contributed by atoms with Crippen molar-refractivity contribution in [2.75, 3.05) is 24.5 Å². The molecule has 0 aliphatic carbocycles. The maximum absolute atomic E-state index is 13.1. The summed E-state index contributed by atoms with van der Waals surface area (Å²) in [7, 11) is 0. The highest BCUT2D eigenvalue weighted by atomic mass is 35.5. The molecule has 3 aromatic rings. The van der Waals surface area contributed by atoms with Gasteiger partial charge in [0.25, 0.3) is 0 Å². The van der Waals surface area contributed by atoms with Gasteiger partial charge in [-0.2, -0.15) is 13.2 Å². The molecule has 1 amide bonds. The number of hydrogen-bond donors (Lipinski definition) is 0. The molecule has 0 spiro atoms. The van der Waals surface area contributed by atoms with Gasteiger partial charge < -0.3 is 9.80 Å². The Bertz CT molecular complexity index is 1180. The van der Waals surface area contributed by atoms with E-state index in [1.165, 1.54) is 12.1 Å². The topological polar surface area (TPSA) is 23.6 Å². The van der Waals surface area contributed by atoms with Crippen molar-refractivity contribution >= 4 is 46.4 Å². The Morgan fingerprint density at radius 1 is 0.912 bits per heavy atom. The lowest BCUT2D eigenvalue weighted by atomic mass is 9.99. The molecule has 0 N–H and O–H groups in total. The first-order valence-electron chi connectivity index (χ1n) is 10.5. The molecule has 0 radical (unpaired) electrons. The second kappa shape index (κ2) is 10.1. The zero-order valence-corrected chi connectivity index (χ0v) is 20.1. The molecular formula is C25H20Cl3F3N2O. The highest BCUT2D eigenvalue weighted by Gasteiger charge is 2.34. The number of alkyl halides is 3. The van der Waals surface area contributed by atoms with Crippen LogP contribution in [0.2, 0.25) is 15.1 Å². The van der Waals surface area contributed by atoms with E-state index in [-0.39, 0.29) is 12.3 Å². The predicted octanol–water partition coefficient (Wildman–Crippen LogP) is 7.30. The van der Waals surface area contributed by atoms with Crippen LogP contribution in [0.3, 0.4) is 0 Å². The van der Waals surface area contributed by atoms with Crippen LogP contribution in [0.1, 0.15) is 22.7 Å². The van der Waals surface area contributed by atoms with Gasteiger partial charge in [0.15, 0.2) is 0 Å². The van der Waals surface area contributed by atoms with Gasteiger partial charge in [0.1, 0.15) is 0 Å². The number of amides is 1. The minimum atomic E-state index is -4.43. The molecule has 3 nitrogen and oxygen atoms in total. The Labute approximate surface area is 210 Å². The normalized spacial score (nSPS) is 16.6. The van der Waals surface area contributed by atoms with Gasteiger partial charge in [-0.15, -0.1) is 0 Å². The monoisotopic (exact) mass is 526 g/mol. The van der Waals surface area contributed by atoms with E-state index in [9.17, 15) is 18.0 Å². The summed E-state index contributed by atoms with van der Waals surface area (Å²) >= 11 is 18.5. The fraction of sp³-hybridized carbons (Fsp3) is 0.240. The molecule has 0 saturated carbocycles. The first-order chi connectivity index (χ1) is 16.1. The number of anilines is 1. The number of piperazine rings is 1. The van der Waals surface area contributed by atoms with Crippen LogP contribution >= 0.6 is 34.8 Å². The third kappa shape index (κ3) is 5.62. The number of nitrogens with zero attached hydrogens (tertiary/aromatic N) is 2. The van der Waals surface area contributed by atoms with Crippen LogP contribution in [0.25, 0.3) is 0 Å². The lowest BCUT2D eigenvalue weighted by Crippen LogP contribution is -2.51. The third-order valence-corrected chi connectivity index (χ3v) is 6.59. The Kier molecular flexibility index (Phi) is 7.31. The zero-order chi connectivity index (χ0) is 24.5. The molecule has 1 aliphatic heterocycles. The molecule has 0 bridgehead atoms. The van der Waals surface area contributed by atoms with Crippen LogP contribution in [-0.4, -0.2) is 30.4 Å². The van der Waals surface area contributed by atoms with Crippen LogP contribution in [0.5, 0.6) is 0 Å². The average Bonchev–Trinajstić information content (AvgIpc) is 2.78. The molecular weight excluding hydrogens is 508 g/mol. The van der Waals surface area contributed by atoms with Crippen LogP contribution in [-0.2, 0) is 17.4 Å². The molecule has 1 atom stereocenters. The molecule has 1 heterocycles. The van der Waals surface area contributed by atoms with Crippen molar-refractivity contribution in [3.05, 3.63) is 98.5 Å². The Balaban J connectivity index is 1.63. The molecule has 1 aliphatic rings. The SMILES string of the molecule is O=C(Cc1cccc(Cl)c1)N1CCN(c2ccc(Cl)cc2Cl)C(c2ccc(C(F)(F)F)cc2)C1. The second-order valence-electron chi connectivity index (χ2n) is 8.07. The molecule has 3 aromatic carbocycles. The van der Waals surface area contributed by atoms with Crippen molar-refractivity contribution in [1.82, 2.24) is 4.90 Å². The molecule has 178 valence electrons. The van der Waals surface area contributed by atoms with E-state index >= 15 is 0 Å². The minimum Gasteiger partial charge on any atom is -0.360 e. The summed E-state index contributed by atoms with van der Waals surface area (Å²) in [5.41, 5.74) is 1.43. The smallest absolute Gasteiger partial charge is 0.360 e. The summed E-state index contributed by atoms with van der Waals surface area (Å²) in [4.78, 5) is 16.8. The third-order valence-electron chi connectivity index (χ3n) is 5.82. The van der Waals surface area contributed by atoms with E-state index in [0.29, 0.717) is 46.0 Å². The van der Waals surface area contributed by atoms with Crippen molar-refractivity contribution in [3.63, 3.8) is 0 Å². The molecule has 1 fully saturated rings. The summed E-state index contributed by atoms with van der Waals surface area (Å²) in [6.45, 7) is 1.19. The highest BCUT2D eigenvalue weighted by molar-refractivity contribution is 6.36. The highest BCUT2D eigenvalue weighted by Crippen LogP contribution is 2.38. The fourth-order valence-electron chi connectivity index (χ4n) is 4.12. The second-order valence-corrected chi connectivity index (χ2v) is 9.35. The number of benzene rings is 3. The largest absolute Gasteiger partial charge is 0.416 e. The van der Waals surface area contributed by atoms with E-state index in [1.54, 1.807) is 41.3 Å². The maximum Gasteiger partial charge on any atom is 0.416 e. The van der Waals surface area contributed by atoms with E-state index in [2.05, 4.69) is 0 Å². The Morgan fingerprint density at radius 2 is 1.62 bits per heavy atom. The molecule has 9 heteroatoms. The lowest BCUT2D eigenvalue weighted by molar-refractivity contribution is -0.137. The van der Waals surface area contributed by atoms with Crippen molar-refractivity contribution < 1.29 is 18.0 Å². The number of hydrogen-bond acceptors (Lipinski definition) is 2. The van der Waals surface area contributed by atoms with Crippen molar-refractivity contribution in [3.8, 4) is 0 Å². The van der Waals surface area contributed by atoms with Crippen molar-refractivity contribution in [2.24, 2.45) is 0 Å². The van der Waals surface area contributed by atoms with Gasteiger partial charge >= 0.3 is 6.18 Å². The molecule has 0 aromatic heterocycles. The minimum absolute atomic E-state index is 0.0824. The number of halogens is 6. The standard InChI is InChI=1S/C25H20Cl3F3N2O/c26-19-3-1-2-16(12-19)13-24(34)32-10-11-33(22-9-8-20(27)14-21(22)28)23(15-32)17-4-6-18(7-5-17)25(29,30)31/h1-9,12,14,23H,10-11,13,15H2.